The average molecular weight is 478 g/mol. The molecule has 3 heterocycles. The lowest BCUT2D eigenvalue weighted by molar-refractivity contribution is -0.136. The van der Waals surface area contributed by atoms with E-state index in [4.69, 9.17) is 9.84 Å². The van der Waals surface area contributed by atoms with Crippen LogP contribution in [0.2, 0.25) is 0 Å². The lowest BCUT2D eigenvalue weighted by atomic mass is 10.0. The van der Waals surface area contributed by atoms with Crippen LogP contribution in [0.15, 0.2) is 97.6 Å². The molecule has 6 heteroatoms. The second-order valence-corrected chi connectivity index (χ2v) is 8.73. The van der Waals surface area contributed by atoms with Crippen molar-refractivity contribution in [3.63, 3.8) is 0 Å². The first-order valence-electron chi connectivity index (χ1n) is 12.0. The highest BCUT2D eigenvalue weighted by Crippen LogP contribution is 2.28. The fourth-order valence-electron chi connectivity index (χ4n) is 4.33. The minimum atomic E-state index is -0.783. The summed E-state index contributed by atoms with van der Waals surface area (Å²) < 4.78 is 8.11. The fraction of sp³-hybridized carbons (Fsp3) is 0.167. The van der Waals surface area contributed by atoms with Crippen LogP contribution in [0.5, 0.6) is 5.75 Å². The molecular formula is C30H27N3O3. The summed E-state index contributed by atoms with van der Waals surface area (Å²) in [5, 5.41) is 10.3. The Morgan fingerprint density at radius 2 is 1.78 bits per heavy atom. The van der Waals surface area contributed by atoms with Crippen molar-refractivity contribution >= 4 is 16.9 Å². The molecule has 36 heavy (non-hydrogen) atoms. The number of pyridine rings is 2. The Hall–Kier alpha value is -4.45. The van der Waals surface area contributed by atoms with Crippen LogP contribution < -0.4 is 4.74 Å². The largest absolute Gasteiger partial charge is 0.489 e. The molecule has 0 aliphatic rings. The van der Waals surface area contributed by atoms with Gasteiger partial charge in [0.2, 0.25) is 0 Å². The van der Waals surface area contributed by atoms with Crippen LogP contribution >= 0.6 is 0 Å². The zero-order valence-corrected chi connectivity index (χ0v) is 19.9. The second-order valence-electron chi connectivity index (χ2n) is 8.73. The number of nitrogens with zero attached hydrogens (tertiary/aromatic N) is 3. The van der Waals surface area contributed by atoms with Crippen molar-refractivity contribution in [3.8, 4) is 11.4 Å². The summed E-state index contributed by atoms with van der Waals surface area (Å²) in [4.78, 5) is 19.7. The molecule has 0 bridgehead atoms. The first-order valence-corrected chi connectivity index (χ1v) is 12.0. The van der Waals surface area contributed by atoms with Gasteiger partial charge in [0.1, 0.15) is 12.4 Å². The number of hydrogen-bond donors (Lipinski definition) is 1. The van der Waals surface area contributed by atoms with Crippen LogP contribution in [0.3, 0.4) is 0 Å². The Bertz CT molecular complexity index is 1450. The van der Waals surface area contributed by atoms with Gasteiger partial charge in [-0.05, 0) is 85.0 Å². The van der Waals surface area contributed by atoms with Crippen molar-refractivity contribution in [1.82, 2.24) is 14.5 Å². The van der Waals surface area contributed by atoms with E-state index in [1.807, 2.05) is 54.7 Å². The topological polar surface area (TPSA) is 77.2 Å². The third kappa shape index (κ3) is 5.61. The van der Waals surface area contributed by atoms with Crippen LogP contribution in [0.1, 0.15) is 28.8 Å². The van der Waals surface area contributed by atoms with Crippen molar-refractivity contribution in [2.24, 2.45) is 0 Å². The van der Waals surface area contributed by atoms with Crippen molar-refractivity contribution < 1.29 is 14.6 Å². The van der Waals surface area contributed by atoms with Gasteiger partial charge < -0.3 is 14.4 Å². The van der Waals surface area contributed by atoms with Crippen LogP contribution in [0.25, 0.3) is 16.6 Å². The number of hydrogen-bond acceptors (Lipinski definition) is 4. The maximum Gasteiger partial charge on any atom is 0.303 e. The molecule has 0 radical (unpaired) electrons. The zero-order chi connectivity index (χ0) is 24.7. The van der Waals surface area contributed by atoms with Gasteiger partial charge >= 0.3 is 5.97 Å². The van der Waals surface area contributed by atoms with Crippen LogP contribution in [-0.2, 0) is 30.7 Å². The van der Waals surface area contributed by atoms with E-state index in [1.165, 1.54) is 5.56 Å². The van der Waals surface area contributed by atoms with Crippen molar-refractivity contribution in [1.29, 1.82) is 0 Å². The predicted octanol–water partition coefficient (Wildman–Crippen LogP) is 5.80. The number of aromatic nitrogens is 3. The molecule has 0 atom stereocenters. The molecule has 0 fully saturated rings. The highest BCUT2D eigenvalue weighted by atomic mass is 16.5. The van der Waals surface area contributed by atoms with E-state index in [9.17, 15) is 4.79 Å². The SMILES string of the molecule is O=C(O)CCc1ccc2c(c1)c(CCc1ccccn1)cn2-c1ccc(OCc2cccnc2)cc1. The van der Waals surface area contributed by atoms with Gasteiger partial charge in [-0.3, -0.25) is 14.8 Å². The van der Waals surface area contributed by atoms with Gasteiger partial charge in [-0.15, -0.1) is 0 Å². The Morgan fingerprint density at radius 3 is 2.53 bits per heavy atom. The zero-order valence-electron chi connectivity index (χ0n) is 19.9. The summed E-state index contributed by atoms with van der Waals surface area (Å²) in [6.07, 6.45) is 9.86. The van der Waals surface area contributed by atoms with E-state index in [1.54, 1.807) is 12.4 Å². The molecule has 180 valence electrons. The summed E-state index contributed by atoms with van der Waals surface area (Å²) in [7, 11) is 0. The van der Waals surface area contributed by atoms with E-state index >= 15 is 0 Å². The van der Waals surface area contributed by atoms with Crippen LogP contribution in [0, 0.1) is 0 Å². The molecule has 3 aromatic heterocycles. The minimum Gasteiger partial charge on any atom is -0.489 e. The number of aryl methyl sites for hydroxylation is 3. The summed E-state index contributed by atoms with van der Waals surface area (Å²) in [5.41, 5.74) is 6.45. The standard InChI is InChI=1S/C30H27N3O3/c34-30(35)15-7-22-6-14-29-28(18-22)24(8-9-25-5-1-2-17-32-25)20-33(29)26-10-12-27(13-11-26)36-21-23-4-3-16-31-19-23/h1-6,10-14,16-20H,7-9,15,21H2,(H,34,35). The number of carbonyl (C=O) groups is 1. The van der Waals surface area contributed by atoms with Gasteiger partial charge in [0.15, 0.2) is 0 Å². The maximum absolute atomic E-state index is 11.1. The summed E-state index contributed by atoms with van der Waals surface area (Å²) in [6, 6.07) is 24.2. The highest BCUT2D eigenvalue weighted by molar-refractivity contribution is 5.86. The molecule has 0 unspecified atom stereocenters. The van der Waals surface area contributed by atoms with Crippen LogP contribution in [0.4, 0.5) is 0 Å². The van der Waals surface area contributed by atoms with Crippen LogP contribution in [-0.4, -0.2) is 25.6 Å². The minimum absolute atomic E-state index is 0.121. The molecule has 2 aromatic carbocycles. The predicted molar refractivity (Wildman–Crippen MR) is 139 cm³/mol. The Kier molecular flexibility index (Phi) is 7.03. The van der Waals surface area contributed by atoms with Gasteiger partial charge in [0.25, 0.3) is 0 Å². The van der Waals surface area contributed by atoms with E-state index in [0.29, 0.717) is 13.0 Å². The number of ether oxygens (including phenoxy) is 1. The molecule has 0 spiro atoms. The van der Waals surface area contributed by atoms with Gasteiger partial charge in [0, 0.05) is 53.5 Å². The monoisotopic (exact) mass is 477 g/mol. The molecule has 6 nitrogen and oxygen atoms in total. The molecule has 0 saturated heterocycles. The molecule has 1 N–H and O–H groups in total. The van der Waals surface area contributed by atoms with E-state index in [-0.39, 0.29) is 6.42 Å². The second kappa shape index (κ2) is 10.9. The molecule has 0 saturated carbocycles. The summed E-state index contributed by atoms with van der Waals surface area (Å²) >= 11 is 0. The molecule has 0 aliphatic carbocycles. The number of benzene rings is 2. The lowest BCUT2D eigenvalue weighted by Gasteiger charge is -2.09. The summed E-state index contributed by atoms with van der Waals surface area (Å²) in [6.45, 7) is 0.469. The average Bonchev–Trinajstić information content (AvgIpc) is 3.29. The third-order valence-corrected chi connectivity index (χ3v) is 6.20. The molecule has 5 aromatic rings. The number of aliphatic carboxylic acids is 1. The number of rotatable bonds is 10. The van der Waals surface area contributed by atoms with Gasteiger partial charge in [-0.25, -0.2) is 0 Å². The van der Waals surface area contributed by atoms with E-state index in [2.05, 4.69) is 45.0 Å². The number of fused-ring (bicyclic) bond motifs is 1. The van der Waals surface area contributed by atoms with Gasteiger partial charge in [0.05, 0.1) is 5.52 Å². The number of carboxylic acids is 1. The highest BCUT2D eigenvalue weighted by Gasteiger charge is 2.12. The van der Waals surface area contributed by atoms with Crippen molar-refractivity contribution in [3.05, 3.63) is 120 Å². The molecule has 0 amide bonds. The Morgan fingerprint density at radius 1 is 0.889 bits per heavy atom. The van der Waals surface area contributed by atoms with Crippen molar-refractivity contribution in [2.75, 3.05) is 0 Å². The third-order valence-electron chi connectivity index (χ3n) is 6.20. The molecule has 0 aliphatic heterocycles. The maximum atomic E-state index is 11.1. The molecule has 5 rings (SSSR count). The first kappa shape index (κ1) is 23.3. The fourth-order valence-corrected chi connectivity index (χ4v) is 4.33. The van der Waals surface area contributed by atoms with Gasteiger partial charge in [-0.1, -0.05) is 18.2 Å². The Labute approximate surface area is 209 Å². The van der Waals surface area contributed by atoms with Crippen molar-refractivity contribution in [2.45, 2.75) is 32.3 Å². The summed E-state index contributed by atoms with van der Waals surface area (Å²) in [5.74, 6) is 0.0132. The lowest BCUT2D eigenvalue weighted by Crippen LogP contribution is -1.98. The Balaban J connectivity index is 1.41. The van der Waals surface area contributed by atoms with Gasteiger partial charge in [-0.2, -0.15) is 0 Å². The smallest absolute Gasteiger partial charge is 0.303 e. The first-order chi connectivity index (χ1) is 17.7. The van der Waals surface area contributed by atoms with E-state index < -0.39 is 5.97 Å². The quantitative estimate of drug-likeness (QED) is 0.275. The number of carboxylic acid groups (broad SMARTS) is 1. The van der Waals surface area contributed by atoms with E-state index in [0.717, 1.165) is 52.0 Å². The molecular weight excluding hydrogens is 450 g/mol. The normalized spacial score (nSPS) is 11.0.